The van der Waals surface area contributed by atoms with Crippen LogP contribution in [0.15, 0.2) is 42.5 Å². The molecule has 3 amide bonds. The number of ether oxygens (including phenoxy) is 1. The summed E-state index contributed by atoms with van der Waals surface area (Å²) >= 11 is 0. The second-order valence-electron chi connectivity index (χ2n) is 8.18. The lowest BCUT2D eigenvalue weighted by atomic mass is 9.76. The van der Waals surface area contributed by atoms with Gasteiger partial charge in [0.05, 0.1) is 30.2 Å². The number of nitrogens with zero attached hydrogens (tertiary/aromatic N) is 1. The first-order valence-corrected chi connectivity index (χ1v) is 8.83. The third-order valence-electron chi connectivity index (χ3n) is 5.38. The second-order valence-corrected chi connectivity index (χ2v) is 8.18. The van der Waals surface area contributed by atoms with E-state index < -0.39 is 29.0 Å². The van der Waals surface area contributed by atoms with Crippen LogP contribution in [0.4, 0.5) is 5.69 Å². The van der Waals surface area contributed by atoms with E-state index in [9.17, 15) is 14.4 Å². The Labute approximate surface area is 152 Å². The third kappa shape index (κ3) is 2.32. The average Bonchev–Trinajstić information content (AvgIpc) is 3.23. The molecule has 6 heteroatoms. The van der Waals surface area contributed by atoms with Gasteiger partial charge < -0.3 is 10.1 Å². The van der Waals surface area contributed by atoms with Crippen molar-refractivity contribution in [1.82, 2.24) is 5.32 Å². The molecule has 4 rings (SSSR count). The van der Waals surface area contributed by atoms with Gasteiger partial charge in [0.1, 0.15) is 5.60 Å². The Morgan fingerprint density at radius 2 is 1.88 bits per heavy atom. The molecule has 0 saturated carbocycles. The molecule has 2 saturated heterocycles. The molecule has 6 nitrogen and oxygen atoms in total. The van der Waals surface area contributed by atoms with E-state index in [1.54, 1.807) is 24.3 Å². The number of benzene rings is 1. The van der Waals surface area contributed by atoms with Crippen molar-refractivity contribution in [3.63, 3.8) is 0 Å². The van der Waals surface area contributed by atoms with Crippen molar-refractivity contribution in [3.8, 4) is 0 Å². The Kier molecular flexibility index (Phi) is 3.60. The van der Waals surface area contributed by atoms with E-state index in [1.807, 2.05) is 39.0 Å². The van der Waals surface area contributed by atoms with E-state index in [0.717, 1.165) is 0 Å². The number of para-hydroxylation sites is 1. The van der Waals surface area contributed by atoms with Crippen molar-refractivity contribution >= 4 is 23.4 Å². The molecule has 2 fully saturated rings. The summed E-state index contributed by atoms with van der Waals surface area (Å²) in [7, 11) is 0. The number of hydrogen-bond donors (Lipinski definition) is 1. The monoisotopic (exact) mass is 354 g/mol. The zero-order valence-corrected chi connectivity index (χ0v) is 15.1. The zero-order chi connectivity index (χ0) is 18.7. The van der Waals surface area contributed by atoms with E-state index >= 15 is 0 Å². The molecule has 0 radical (unpaired) electrons. The number of rotatable bonds is 3. The molecule has 0 aliphatic carbocycles. The number of fused-ring (bicyclic) bond motifs is 5. The number of imide groups is 1. The number of carbonyl (C=O) groups excluding carboxylic acids is 3. The molecule has 1 aromatic rings. The third-order valence-corrected chi connectivity index (χ3v) is 5.38. The van der Waals surface area contributed by atoms with Gasteiger partial charge in [-0.05, 0) is 12.1 Å². The molecular weight excluding hydrogens is 332 g/mol. The van der Waals surface area contributed by atoms with Crippen LogP contribution in [0.25, 0.3) is 0 Å². The summed E-state index contributed by atoms with van der Waals surface area (Å²) in [6, 6.07) is 8.94. The Morgan fingerprint density at radius 1 is 1.19 bits per heavy atom. The van der Waals surface area contributed by atoms with Gasteiger partial charge in [-0.1, -0.05) is 51.1 Å². The smallest absolute Gasteiger partial charge is 0.241 e. The van der Waals surface area contributed by atoms with Crippen LogP contribution in [0.2, 0.25) is 0 Å². The van der Waals surface area contributed by atoms with Crippen LogP contribution in [-0.2, 0) is 19.1 Å². The van der Waals surface area contributed by atoms with Gasteiger partial charge in [-0.2, -0.15) is 0 Å². The van der Waals surface area contributed by atoms with Gasteiger partial charge in [0.2, 0.25) is 17.7 Å². The highest BCUT2D eigenvalue weighted by Crippen LogP contribution is 2.52. The number of anilines is 1. The largest absolute Gasteiger partial charge is 0.360 e. The number of carbonyl (C=O) groups is 3. The summed E-state index contributed by atoms with van der Waals surface area (Å²) in [5.41, 5.74) is -0.917. The van der Waals surface area contributed by atoms with Crippen molar-refractivity contribution in [2.45, 2.75) is 32.5 Å². The predicted octanol–water partition coefficient (Wildman–Crippen LogP) is 1.66. The maximum absolute atomic E-state index is 13.1. The van der Waals surface area contributed by atoms with Crippen LogP contribution < -0.4 is 10.2 Å². The van der Waals surface area contributed by atoms with E-state index in [-0.39, 0.29) is 24.3 Å². The molecule has 0 spiro atoms. The highest BCUT2D eigenvalue weighted by atomic mass is 16.5. The molecule has 0 unspecified atom stereocenters. The van der Waals surface area contributed by atoms with Gasteiger partial charge in [-0.3, -0.25) is 14.4 Å². The van der Waals surface area contributed by atoms with Crippen LogP contribution >= 0.6 is 0 Å². The first kappa shape index (κ1) is 17.0. The summed E-state index contributed by atoms with van der Waals surface area (Å²) in [6.07, 6.45) is 3.25. The maximum Gasteiger partial charge on any atom is 0.241 e. The molecule has 3 aliphatic heterocycles. The summed E-state index contributed by atoms with van der Waals surface area (Å²) in [4.78, 5) is 39.6. The van der Waals surface area contributed by atoms with Crippen LogP contribution in [-0.4, -0.2) is 36.0 Å². The molecule has 3 heterocycles. The number of nitrogens with one attached hydrogen (secondary N) is 1. The van der Waals surface area contributed by atoms with Crippen molar-refractivity contribution in [3.05, 3.63) is 42.5 Å². The quantitative estimate of drug-likeness (QED) is 0.662. The Morgan fingerprint density at radius 3 is 2.54 bits per heavy atom. The first-order valence-electron chi connectivity index (χ1n) is 8.83. The Balaban J connectivity index is 1.62. The Bertz CT molecular complexity index is 811. The SMILES string of the molecule is CC(C)(C)C(=O)NC[C@@]12C=C[C@@H](O1)[C@H]1C(=O)N(c3ccccc3)C(=O)[C@@H]12. The highest BCUT2D eigenvalue weighted by molar-refractivity contribution is 6.23. The zero-order valence-electron chi connectivity index (χ0n) is 15.1. The summed E-state index contributed by atoms with van der Waals surface area (Å²) in [5, 5.41) is 2.89. The molecule has 4 atom stereocenters. The minimum atomic E-state index is -0.952. The van der Waals surface area contributed by atoms with E-state index in [0.29, 0.717) is 5.69 Å². The molecule has 1 N–H and O–H groups in total. The first-order chi connectivity index (χ1) is 12.2. The number of amides is 3. The number of hydrogen-bond acceptors (Lipinski definition) is 4. The van der Waals surface area contributed by atoms with Crippen molar-refractivity contribution in [2.75, 3.05) is 11.4 Å². The Hall–Kier alpha value is -2.47. The summed E-state index contributed by atoms with van der Waals surface area (Å²) in [5.74, 6) is -1.75. The predicted molar refractivity (Wildman–Crippen MR) is 95.1 cm³/mol. The molecule has 3 aliphatic rings. The van der Waals surface area contributed by atoms with Gasteiger partial charge in [-0.15, -0.1) is 0 Å². The molecule has 1 aromatic carbocycles. The lowest BCUT2D eigenvalue weighted by molar-refractivity contribution is -0.132. The van der Waals surface area contributed by atoms with Gasteiger partial charge in [-0.25, -0.2) is 4.90 Å². The van der Waals surface area contributed by atoms with E-state index in [2.05, 4.69) is 5.32 Å². The van der Waals surface area contributed by atoms with Gasteiger partial charge in [0, 0.05) is 5.41 Å². The fraction of sp³-hybridized carbons (Fsp3) is 0.450. The summed E-state index contributed by atoms with van der Waals surface area (Å²) < 4.78 is 6.02. The van der Waals surface area contributed by atoms with Gasteiger partial charge in [0.25, 0.3) is 0 Å². The fourth-order valence-corrected chi connectivity index (χ4v) is 4.02. The standard InChI is InChI=1S/C20H22N2O4/c1-19(2,3)18(25)21-11-20-10-9-13(26-20)14-15(20)17(24)22(16(14)23)12-7-5-4-6-8-12/h4-10,13-15H,11H2,1-3H3,(H,21,25)/t13-,14-,15-,20-/m1/s1. The van der Waals surface area contributed by atoms with E-state index in [4.69, 9.17) is 4.74 Å². The minimum absolute atomic E-state index is 0.118. The molecule has 0 aromatic heterocycles. The topological polar surface area (TPSA) is 75.7 Å². The van der Waals surface area contributed by atoms with Crippen molar-refractivity contribution in [2.24, 2.45) is 17.3 Å². The average molecular weight is 354 g/mol. The lowest BCUT2D eigenvalue weighted by Crippen LogP contribution is -2.50. The summed E-state index contributed by atoms with van der Waals surface area (Å²) in [6.45, 7) is 5.66. The molecular formula is C20H22N2O4. The van der Waals surface area contributed by atoms with Crippen LogP contribution in [0.3, 0.4) is 0 Å². The van der Waals surface area contributed by atoms with Crippen molar-refractivity contribution < 1.29 is 19.1 Å². The van der Waals surface area contributed by atoms with E-state index in [1.165, 1.54) is 4.90 Å². The lowest BCUT2D eigenvalue weighted by Gasteiger charge is -2.30. The second kappa shape index (κ2) is 5.51. The maximum atomic E-state index is 13.1. The van der Waals surface area contributed by atoms with Gasteiger partial charge >= 0.3 is 0 Å². The fourth-order valence-electron chi connectivity index (χ4n) is 4.02. The highest BCUT2D eigenvalue weighted by Gasteiger charge is 2.67. The molecule has 2 bridgehead atoms. The van der Waals surface area contributed by atoms with Crippen LogP contribution in [0.1, 0.15) is 20.8 Å². The minimum Gasteiger partial charge on any atom is -0.360 e. The van der Waals surface area contributed by atoms with Crippen molar-refractivity contribution in [1.29, 1.82) is 0 Å². The molecule has 26 heavy (non-hydrogen) atoms. The normalized spacial score (nSPS) is 32.3. The van der Waals surface area contributed by atoms with Crippen LogP contribution in [0, 0.1) is 17.3 Å². The molecule has 136 valence electrons. The van der Waals surface area contributed by atoms with Gasteiger partial charge in [0.15, 0.2) is 0 Å². The van der Waals surface area contributed by atoms with Crippen LogP contribution in [0.5, 0.6) is 0 Å².